The number of benzene rings is 1. The van der Waals surface area contributed by atoms with E-state index in [2.05, 4.69) is 47.0 Å². The number of ether oxygens (including phenoxy) is 1. The van der Waals surface area contributed by atoms with Crippen LogP contribution in [0, 0.1) is 6.92 Å². The van der Waals surface area contributed by atoms with Gasteiger partial charge < -0.3 is 10.1 Å². The molecule has 3 heteroatoms. The zero-order chi connectivity index (χ0) is 10.1. The molecule has 1 aromatic rings. The van der Waals surface area contributed by atoms with Crippen LogP contribution in [0.2, 0.25) is 0 Å². The number of hydrogen-bond acceptors (Lipinski definition) is 2. The molecule has 1 aromatic carbocycles. The summed E-state index contributed by atoms with van der Waals surface area (Å²) in [5.74, 6) is 0.974. The number of halogens is 1. The van der Waals surface area contributed by atoms with Crippen LogP contribution in [0.4, 0.5) is 5.69 Å². The van der Waals surface area contributed by atoms with Gasteiger partial charge in [-0.1, -0.05) is 28.7 Å². The Morgan fingerprint density at radius 1 is 1.50 bits per heavy atom. The van der Waals surface area contributed by atoms with E-state index in [9.17, 15) is 0 Å². The summed E-state index contributed by atoms with van der Waals surface area (Å²) in [5, 5.41) is 3.45. The van der Waals surface area contributed by atoms with Crippen LogP contribution in [0.25, 0.3) is 0 Å². The summed E-state index contributed by atoms with van der Waals surface area (Å²) >= 11 is 2.51. The number of nitrogens with one attached hydrogen (secondary N) is 1. The molecule has 1 unspecified atom stereocenters. The molecule has 14 heavy (non-hydrogen) atoms. The van der Waals surface area contributed by atoms with Gasteiger partial charge in [-0.3, -0.25) is 0 Å². The maximum absolute atomic E-state index is 5.30. The van der Waals surface area contributed by atoms with Crippen molar-refractivity contribution in [3.05, 3.63) is 23.3 Å². The van der Waals surface area contributed by atoms with Crippen LogP contribution in [0.3, 0.4) is 0 Å². The number of fused-ring (bicyclic) bond motifs is 1. The second-order valence-electron chi connectivity index (χ2n) is 3.54. The predicted octanol–water partition coefficient (Wildman–Crippen LogP) is 3.30. The van der Waals surface area contributed by atoms with Crippen molar-refractivity contribution in [1.29, 1.82) is 0 Å². The van der Waals surface area contributed by atoms with Gasteiger partial charge in [-0.15, -0.1) is 0 Å². The normalized spacial score (nSPS) is 19.8. The smallest absolute Gasteiger partial charge is 0.123 e. The Hall–Kier alpha value is -0.450. The van der Waals surface area contributed by atoms with E-state index >= 15 is 0 Å². The molecule has 0 amide bonds. The Kier molecular flexibility index (Phi) is 2.85. The Bertz CT molecular complexity index is 351. The Morgan fingerprint density at radius 3 is 3.00 bits per heavy atom. The van der Waals surface area contributed by atoms with Crippen LogP contribution >= 0.6 is 22.6 Å². The second kappa shape index (κ2) is 3.96. The number of methoxy groups -OCH3 is 1. The molecule has 76 valence electrons. The second-order valence-corrected chi connectivity index (χ2v) is 5.04. The van der Waals surface area contributed by atoms with Crippen molar-refractivity contribution >= 4 is 28.3 Å². The lowest BCUT2D eigenvalue weighted by molar-refractivity contribution is 0.411. The third kappa shape index (κ3) is 1.58. The van der Waals surface area contributed by atoms with Crippen LogP contribution in [0.15, 0.2) is 12.1 Å². The van der Waals surface area contributed by atoms with Crippen molar-refractivity contribution in [3.63, 3.8) is 0 Å². The first-order chi connectivity index (χ1) is 6.74. The van der Waals surface area contributed by atoms with Gasteiger partial charge in [0.05, 0.1) is 7.11 Å². The summed E-state index contributed by atoms with van der Waals surface area (Å²) in [6.45, 7) is 3.17. The summed E-state index contributed by atoms with van der Waals surface area (Å²) in [7, 11) is 1.72. The van der Waals surface area contributed by atoms with E-state index in [0.717, 1.165) is 12.3 Å². The molecule has 0 bridgehead atoms. The Morgan fingerprint density at radius 2 is 2.29 bits per heavy atom. The van der Waals surface area contributed by atoms with Gasteiger partial charge in [0.15, 0.2) is 0 Å². The Balaban J connectivity index is 2.52. The molecule has 2 nitrogen and oxygen atoms in total. The minimum atomic E-state index is 0.633. The van der Waals surface area contributed by atoms with Crippen molar-refractivity contribution in [3.8, 4) is 5.75 Å². The first kappa shape index (κ1) is 10.1. The van der Waals surface area contributed by atoms with Gasteiger partial charge in [-0.05, 0) is 25.0 Å². The fourth-order valence-corrected chi connectivity index (χ4v) is 2.74. The van der Waals surface area contributed by atoms with E-state index in [4.69, 9.17) is 4.74 Å². The minimum Gasteiger partial charge on any atom is -0.496 e. The number of alkyl halides is 1. The first-order valence-corrected chi connectivity index (χ1v) is 6.04. The highest BCUT2D eigenvalue weighted by Gasteiger charge is 2.20. The highest BCUT2D eigenvalue weighted by atomic mass is 127. The average molecular weight is 303 g/mol. The molecule has 1 aliphatic rings. The predicted molar refractivity (Wildman–Crippen MR) is 67.6 cm³/mol. The molecule has 1 aliphatic heterocycles. The van der Waals surface area contributed by atoms with E-state index in [-0.39, 0.29) is 0 Å². The van der Waals surface area contributed by atoms with Gasteiger partial charge in [0.2, 0.25) is 0 Å². The lowest BCUT2D eigenvalue weighted by Gasteiger charge is -2.25. The number of anilines is 1. The van der Waals surface area contributed by atoms with Gasteiger partial charge in [0.1, 0.15) is 5.75 Å². The van der Waals surface area contributed by atoms with Crippen molar-refractivity contribution in [2.24, 2.45) is 0 Å². The van der Waals surface area contributed by atoms with Crippen molar-refractivity contribution in [2.75, 3.05) is 19.0 Å². The van der Waals surface area contributed by atoms with Gasteiger partial charge in [0.25, 0.3) is 0 Å². The monoisotopic (exact) mass is 303 g/mol. The summed E-state index contributed by atoms with van der Waals surface area (Å²) in [6.07, 6.45) is 1.21. The van der Waals surface area contributed by atoms with Gasteiger partial charge >= 0.3 is 0 Å². The quantitative estimate of drug-likeness (QED) is 0.635. The van der Waals surface area contributed by atoms with Crippen molar-refractivity contribution in [1.82, 2.24) is 0 Å². The van der Waals surface area contributed by atoms with Gasteiger partial charge in [-0.2, -0.15) is 0 Å². The van der Waals surface area contributed by atoms with Crippen LogP contribution < -0.4 is 10.1 Å². The Labute approximate surface area is 98.2 Å². The molecule has 0 spiro atoms. The van der Waals surface area contributed by atoms with Crippen LogP contribution in [0.1, 0.15) is 21.5 Å². The third-order valence-electron chi connectivity index (χ3n) is 2.70. The molecule has 2 rings (SSSR count). The lowest BCUT2D eigenvalue weighted by atomic mass is 9.99. The SMILES string of the molecule is COc1ccc2c(c1C)NCCC2I. The lowest BCUT2D eigenvalue weighted by Crippen LogP contribution is -2.14. The maximum Gasteiger partial charge on any atom is 0.123 e. The average Bonchev–Trinajstić information content (AvgIpc) is 2.20. The molecule has 1 atom stereocenters. The summed E-state index contributed by atoms with van der Waals surface area (Å²) < 4.78 is 5.94. The molecule has 0 saturated carbocycles. The van der Waals surface area contributed by atoms with Crippen LogP contribution in [0.5, 0.6) is 5.75 Å². The molecular weight excluding hydrogens is 289 g/mol. The standard InChI is InChI=1S/C11H14INO/c1-7-10(14-2)4-3-8-9(12)5-6-13-11(7)8/h3-4,9,13H,5-6H2,1-2H3. The fourth-order valence-electron chi connectivity index (χ4n) is 1.91. The van der Waals surface area contributed by atoms with E-state index < -0.39 is 0 Å². The highest BCUT2D eigenvalue weighted by molar-refractivity contribution is 14.1. The van der Waals surface area contributed by atoms with E-state index in [1.54, 1.807) is 7.11 Å². The van der Waals surface area contributed by atoms with E-state index in [0.29, 0.717) is 3.92 Å². The fraction of sp³-hybridized carbons (Fsp3) is 0.455. The number of hydrogen-bond donors (Lipinski definition) is 1. The van der Waals surface area contributed by atoms with E-state index in [1.165, 1.54) is 23.2 Å². The topological polar surface area (TPSA) is 21.3 Å². The van der Waals surface area contributed by atoms with E-state index in [1.807, 2.05) is 0 Å². The largest absolute Gasteiger partial charge is 0.496 e. The van der Waals surface area contributed by atoms with Crippen molar-refractivity contribution < 1.29 is 4.74 Å². The van der Waals surface area contributed by atoms with Crippen LogP contribution in [-0.2, 0) is 0 Å². The zero-order valence-electron chi connectivity index (χ0n) is 8.43. The number of rotatable bonds is 1. The highest BCUT2D eigenvalue weighted by Crippen LogP contribution is 2.40. The van der Waals surface area contributed by atoms with Crippen molar-refractivity contribution in [2.45, 2.75) is 17.3 Å². The van der Waals surface area contributed by atoms with Gasteiger partial charge in [-0.25, -0.2) is 0 Å². The maximum atomic E-state index is 5.30. The van der Waals surface area contributed by atoms with Crippen LogP contribution in [-0.4, -0.2) is 13.7 Å². The molecule has 0 saturated heterocycles. The molecule has 0 fully saturated rings. The molecule has 0 radical (unpaired) electrons. The third-order valence-corrected chi connectivity index (χ3v) is 4.00. The molecule has 1 N–H and O–H groups in total. The summed E-state index contributed by atoms with van der Waals surface area (Å²) in [4.78, 5) is 0. The first-order valence-electron chi connectivity index (χ1n) is 4.79. The summed E-state index contributed by atoms with van der Waals surface area (Å²) in [5.41, 5.74) is 3.91. The summed E-state index contributed by atoms with van der Waals surface area (Å²) in [6, 6.07) is 4.23. The van der Waals surface area contributed by atoms with Gasteiger partial charge in [0, 0.05) is 21.7 Å². The zero-order valence-corrected chi connectivity index (χ0v) is 10.6. The molecule has 0 aliphatic carbocycles. The molecular formula is C11H14INO. The molecule has 0 aromatic heterocycles. The minimum absolute atomic E-state index is 0.633. The molecule has 1 heterocycles.